The van der Waals surface area contributed by atoms with Crippen molar-refractivity contribution in [2.24, 2.45) is 0 Å². The van der Waals surface area contributed by atoms with Gasteiger partial charge in [0.25, 0.3) is 0 Å². The maximum Gasteiger partial charge on any atom is 0.416 e. The summed E-state index contributed by atoms with van der Waals surface area (Å²) < 4.78 is 98.6. The molecule has 0 aliphatic carbocycles. The molecule has 72 heavy (non-hydrogen) atoms. The maximum absolute atomic E-state index is 14.1. The van der Waals surface area contributed by atoms with Crippen molar-refractivity contribution < 1.29 is 35.2 Å². The summed E-state index contributed by atoms with van der Waals surface area (Å²) in [5, 5.41) is 8.87. The van der Waals surface area contributed by atoms with Crippen molar-refractivity contribution >= 4 is 110 Å². The molecule has 4 nitrogen and oxygen atoms in total. The first-order valence-electron chi connectivity index (χ1n) is 23.8. The second kappa shape index (κ2) is 15.8. The van der Waals surface area contributed by atoms with Gasteiger partial charge in [0.15, 0.2) is 11.2 Å². The Morgan fingerprint density at radius 1 is 0.319 bits per heavy atom. The second-order valence-corrected chi connectivity index (χ2v) is 20.7. The van der Waals surface area contributed by atoms with Gasteiger partial charge in [0.2, 0.25) is 0 Å². The Labute approximate surface area is 410 Å². The van der Waals surface area contributed by atoms with Gasteiger partial charge < -0.3 is 18.6 Å². The number of furan rings is 2. The molecule has 0 aliphatic rings. The SMILES string of the molecule is CC(C)(C)c1cccc2c1oc1c(N(c3ccc(C(F)(F)F)cc3)c3ccc4ccc5c(N(c6ccc(C(F)(F)F)cc6)c6cccc7c6oc6c(C(C)(C)C)cccc67)ccc6ccc3c4c65)cccc12. The fourth-order valence-corrected chi connectivity index (χ4v) is 10.7. The fraction of sp³-hybridized carbons (Fsp3) is 0.161. The minimum Gasteiger partial charge on any atom is -0.454 e. The molecule has 0 fully saturated rings. The largest absolute Gasteiger partial charge is 0.454 e. The number of para-hydroxylation sites is 4. The van der Waals surface area contributed by atoms with Crippen LogP contribution in [0.25, 0.3) is 76.2 Å². The quantitative estimate of drug-likeness (QED) is 0.123. The Morgan fingerprint density at radius 2 is 0.653 bits per heavy atom. The smallest absolute Gasteiger partial charge is 0.416 e. The molecule has 0 N–H and O–H groups in total. The molecule has 0 aliphatic heterocycles. The van der Waals surface area contributed by atoms with E-state index in [2.05, 4.69) is 53.7 Å². The summed E-state index contributed by atoms with van der Waals surface area (Å²) in [4.78, 5) is 3.94. The lowest BCUT2D eigenvalue weighted by molar-refractivity contribution is -0.138. The number of hydrogen-bond acceptors (Lipinski definition) is 4. The third-order valence-corrected chi connectivity index (χ3v) is 14.1. The van der Waals surface area contributed by atoms with Crippen LogP contribution in [0.15, 0.2) is 179 Å². The summed E-state index contributed by atoms with van der Waals surface area (Å²) in [5.41, 5.74) is 6.34. The number of alkyl halides is 6. The Morgan fingerprint density at radius 3 is 1.00 bits per heavy atom. The van der Waals surface area contributed by atoms with Crippen LogP contribution in [0.2, 0.25) is 0 Å². The lowest BCUT2D eigenvalue weighted by atomic mass is 9.86. The molecular weight excluding hydrogens is 919 g/mol. The number of fused-ring (bicyclic) bond motifs is 6. The molecular formula is C62H46F6N2O2. The first-order chi connectivity index (χ1) is 34.3. The molecule has 0 saturated heterocycles. The summed E-state index contributed by atoms with van der Waals surface area (Å²) in [5.74, 6) is 0. The first kappa shape index (κ1) is 45.2. The molecule has 12 rings (SSSR count). The van der Waals surface area contributed by atoms with E-state index in [9.17, 15) is 26.3 Å². The van der Waals surface area contributed by atoms with Gasteiger partial charge in [0, 0.05) is 54.8 Å². The van der Waals surface area contributed by atoms with Gasteiger partial charge in [-0.05, 0) is 105 Å². The highest BCUT2D eigenvalue weighted by Crippen LogP contribution is 2.52. The van der Waals surface area contributed by atoms with E-state index in [0.717, 1.165) is 100 Å². The van der Waals surface area contributed by atoms with Crippen molar-refractivity contribution in [1.29, 1.82) is 0 Å². The highest BCUT2D eigenvalue weighted by atomic mass is 19.4. The van der Waals surface area contributed by atoms with E-state index < -0.39 is 23.5 Å². The predicted molar refractivity (Wildman–Crippen MR) is 281 cm³/mol. The van der Waals surface area contributed by atoms with Crippen LogP contribution in [0.5, 0.6) is 0 Å². The zero-order chi connectivity index (χ0) is 50.2. The van der Waals surface area contributed by atoms with Gasteiger partial charge in [-0.15, -0.1) is 0 Å². The predicted octanol–water partition coefficient (Wildman–Crippen LogP) is 20.0. The van der Waals surface area contributed by atoms with Crippen LogP contribution >= 0.6 is 0 Å². The summed E-state index contributed by atoms with van der Waals surface area (Å²) in [7, 11) is 0. The van der Waals surface area contributed by atoms with Crippen LogP contribution in [0, 0.1) is 0 Å². The molecule has 358 valence electrons. The van der Waals surface area contributed by atoms with Crippen LogP contribution in [0.3, 0.4) is 0 Å². The highest BCUT2D eigenvalue weighted by Gasteiger charge is 2.33. The van der Waals surface area contributed by atoms with Gasteiger partial charge >= 0.3 is 12.4 Å². The highest BCUT2D eigenvalue weighted by molar-refractivity contribution is 6.29. The Bertz CT molecular complexity index is 3830. The van der Waals surface area contributed by atoms with Gasteiger partial charge in [0.1, 0.15) is 11.2 Å². The third-order valence-electron chi connectivity index (χ3n) is 14.1. The number of rotatable bonds is 6. The summed E-state index contributed by atoms with van der Waals surface area (Å²) in [6, 6.07) is 50.5. The molecule has 0 spiro atoms. The second-order valence-electron chi connectivity index (χ2n) is 20.7. The van der Waals surface area contributed by atoms with E-state index in [-0.39, 0.29) is 10.8 Å². The van der Waals surface area contributed by atoms with Gasteiger partial charge in [-0.25, -0.2) is 0 Å². The van der Waals surface area contributed by atoms with E-state index >= 15 is 0 Å². The number of halogens is 6. The zero-order valence-corrected chi connectivity index (χ0v) is 40.1. The van der Waals surface area contributed by atoms with E-state index in [1.165, 1.54) is 24.3 Å². The van der Waals surface area contributed by atoms with E-state index in [4.69, 9.17) is 8.83 Å². The number of hydrogen-bond donors (Lipinski definition) is 0. The molecule has 0 unspecified atom stereocenters. The number of anilines is 6. The summed E-state index contributed by atoms with van der Waals surface area (Å²) in [6.07, 6.45) is -9.09. The minimum absolute atomic E-state index is 0.248. The summed E-state index contributed by atoms with van der Waals surface area (Å²) >= 11 is 0. The van der Waals surface area contributed by atoms with Crippen LogP contribution < -0.4 is 9.80 Å². The average Bonchev–Trinajstić information content (AvgIpc) is 3.93. The minimum atomic E-state index is -4.55. The first-order valence-corrected chi connectivity index (χ1v) is 23.8. The van der Waals surface area contributed by atoms with Crippen molar-refractivity contribution in [2.45, 2.75) is 64.7 Å². The molecule has 2 heterocycles. The van der Waals surface area contributed by atoms with E-state index in [1.807, 2.05) is 119 Å². The molecule has 0 saturated carbocycles. The number of benzene rings is 10. The Balaban J connectivity index is 1.12. The van der Waals surface area contributed by atoms with Crippen LogP contribution in [-0.4, -0.2) is 0 Å². The lowest BCUT2D eigenvalue weighted by Crippen LogP contribution is -2.13. The van der Waals surface area contributed by atoms with Gasteiger partial charge in [-0.2, -0.15) is 26.3 Å². The Kier molecular flexibility index (Phi) is 9.89. The topological polar surface area (TPSA) is 32.8 Å². The maximum atomic E-state index is 14.1. The molecule has 0 bridgehead atoms. The standard InChI is InChI=1S/C62H46F6N2O2/c1-59(2,3)47-15-7-11-41-43-13-9-17-51(57(43)71-55(41)47)69(39-27-23-37(24-28-39)61(63,64)65)49-33-21-35-20-32-46-50(34-22-36-19-31-45(49)53(35)54(36)46)70(40-29-25-38(26-30-40)62(66,67)68)52-18-10-14-44-42-12-8-16-48(60(4,5)6)56(42)72-58(44)52/h7-34H,1-6H3. The zero-order valence-electron chi connectivity index (χ0n) is 40.1. The van der Waals surface area contributed by atoms with E-state index in [0.29, 0.717) is 45.3 Å². The van der Waals surface area contributed by atoms with Gasteiger partial charge in [-0.3, -0.25) is 0 Å². The normalized spacial score (nSPS) is 13.0. The van der Waals surface area contributed by atoms with Crippen LogP contribution in [0.1, 0.15) is 63.8 Å². The molecule has 0 radical (unpaired) electrons. The van der Waals surface area contributed by atoms with Crippen molar-refractivity contribution in [1.82, 2.24) is 0 Å². The Hall–Kier alpha value is -7.98. The molecule has 12 aromatic rings. The van der Waals surface area contributed by atoms with Crippen molar-refractivity contribution in [3.8, 4) is 0 Å². The van der Waals surface area contributed by atoms with Crippen molar-refractivity contribution in [3.63, 3.8) is 0 Å². The van der Waals surface area contributed by atoms with Crippen molar-refractivity contribution in [3.05, 3.63) is 192 Å². The molecule has 0 atom stereocenters. The van der Waals surface area contributed by atoms with Crippen LogP contribution in [0.4, 0.5) is 60.5 Å². The molecule has 0 amide bonds. The fourth-order valence-electron chi connectivity index (χ4n) is 10.7. The average molecular weight is 965 g/mol. The number of nitrogens with zero attached hydrogens (tertiary/aromatic N) is 2. The molecule has 10 heteroatoms. The van der Waals surface area contributed by atoms with Crippen LogP contribution in [-0.2, 0) is 23.2 Å². The van der Waals surface area contributed by atoms with Gasteiger partial charge in [0.05, 0.1) is 33.9 Å². The third kappa shape index (κ3) is 7.13. The lowest BCUT2D eigenvalue weighted by Gasteiger charge is -2.29. The van der Waals surface area contributed by atoms with Gasteiger partial charge in [-0.1, -0.05) is 139 Å². The molecule has 2 aromatic heterocycles. The monoisotopic (exact) mass is 964 g/mol. The molecule has 10 aromatic carbocycles. The van der Waals surface area contributed by atoms with Crippen molar-refractivity contribution in [2.75, 3.05) is 9.80 Å². The summed E-state index contributed by atoms with van der Waals surface area (Å²) in [6.45, 7) is 12.8. The van der Waals surface area contributed by atoms with E-state index in [1.54, 1.807) is 0 Å².